The van der Waals surface area contributed by atoms with Crippen molar-refractivity contribution in [3.63, 3.8) is 0 Å². The first kappa shape index (κ1) is 20.7. The van der Waals surface area contributed by atoms with Gasteiger partial charge in [-0.2, -0.15) is 0 Å². The molecular formula is C20H22N2O6S. The zero-order valence-corrected chi connectivity index (χ0v) is 17.2. The van der Waals surface area contributed by atoms with E-state index in [2.05, 4.69) is 15.4 Å². The Balaban J connectivity index is 1.94. The molecule has 0 saturated carbocycles. The van der Waals surface area contributed by atoms with E-state index in [4.69, 9.17) is 9.47 Å². The highest BCUT2D eigenvalue weighted by atomic mass is 32.1. The molecule has 0 aliphatic heterocycles. The van der Waals surface area contributed by atoms with E-state index >= 15 is 0 Å². The third kappa shape index (κ3) is 4.51. The standard InChI is InChI=1S/C20H22N2O6S/c1-26-12-8-11(9-13(10-12)27-2)17(23)21-19-16(18(24)22-20(25)28-3)14-6-4-5-7-15(14)29-19/h8-10H,4-7H2,1-3H3,(H,21,23)(H,22,24,25). The van der Waals surface area contributed by atoms with Crippen LogP contribution in [-0.2, 0) is 17.6 Å². The van der Waals surface area contributed by atoms with E-state index in [0.29, 0.717) is 27.6 Å². The Morgan fingerprint density at radius 3 is 2.21 bits per heavy atom. The fourth-order valence-electron chi connectivity index (χ4n) is 3.21. The van der Waals surface area contributed by atoms with Gasteiger partial charge in [0.2, 0.25) is 0 Å². The highest BCUT2D eigenvalue weighted by Gasteiger charge is 2.27. The molecule has 1 aliphatic carbocycles. The quantitative estimate of drug-likeness (QED) is 0.772. The number of thiophene rings is 1. The van der Waals surface area contributed by atoms with E-state index in [0.717, 1.165) is 36.1 Å². The minimum atomic E-state index is -0.847. The topological polar surface area (TPSA) is 103 Å². The third-order valence-corrected chi connectivity index (χ3v) is 5.85. The lowest BCUT2D eigenvalue weighted by Gasteiger charge is -2.13. The zero-order valence-electron chi connectivity index (χ0n) is 16.4. The van der Waals surface area contributed by atoms with Crippen LogP contribution in [0.15, 0.2) is 18.2 Å². The van der Waals surface area contributed by atoms with Gasteiger partial charge in [0.05, 0.1) is 26.9 Å². The SMILES string of the molecule is COC(=O)NC(=O)c1c(NC(=O)c2cc(OC)cc(OC)c2)sc2c1CCCC2. The molecule has 0 unspecified atom stereocenters. The van der Waals surface area contributed by atoms with Gasteiger partial charge >= 0.3 is 6.09 Å². The first-order chi connectivity index (χ1) is 14.0. The van der Waals surface area contributed by atoms with Gasteiger partial charge in [0.15, 0.2) is 0 Å². The normalized spacial score (nSPS) is 12.5. The molecule has 154 valence electrons. The summed E-state index contributed by atoms with van der Waals surface area (Å²) >= 11 is 1.36. The Labute approximate surface area is 172 Å². The maximum Gasteiger partial charge on any atom is 0.413 e. The Kier molecular flexibility index (Phi) is 6.38. The average molecular weight is 418 g/mol. The van der Waals surface area contributed by atoms with Crippen molar-refractivity contribution in [1.29, 1.82) is 0 Å². The lowest BCUT2D eigenvalue weighted by molar-refractivity contribution is 0.0937. The lowest BCUT2D eigenvalue weighted by atomic mass is 9.95. The number of alkyl carbamates (subject to hydrolysis) is 1. The first-order valence-corrected chi connectivity index (χ1v) is 9.86. The van der Waals surface area contributed by atoms with Crippen molar-refractivity contribution in [2.45, 2.75) is 25.7 Å². The maximum absolute atomic E-state index is 12.9. The summed E-state index contributed by atoms with van der Waals surface area (Å²) in [6, 6.07) is 4.83. The molecular weight excluding hydrogens is 396 g/mol. The van der Waals surface area contributed by atoms with Crippen molar-refractivity contribution in [3.05, 3.63) is 39.8 Å². The number of amides is 3. The highest BCUT2D eigenvalue weighted by molar-refractivity contribution is 7.17. The Morgan fingerprint density at radius 1 is 0.931 bits per heavy atom. The van der Waals surface area contributed by atoms with Crippen molar-refractivity contribution < 1.29 is 28.6 Å². The first-order valence-electron chi connectivity index (χ1n) is 9.05. The predicted molar refractivity (Wildman–Crippen MR) is 108 cm³/mol. The number of rotatable bonds is 5. The molecule has 0 saturated heterocycles. The Morgan fingerprint density at radius 2 is 1.59 bits per heavy atom. The molecule has 1 heterocycles. The number of imide groups is 1. The van der Waals surface area contributed by atoms with E-state index in [1.165, 1.54) is 32.7 Å². The summed E-state index contributed by atoms with van der Waals surface area (Å²) in [7, 11) is 4.18. The summed E-state index contributed by atoms with van der Waals surface area (Å²) in [6.07, 6.45) is 2.68. The Hall–Kier alpha value is -3.07. The largest absolute Gasteiger partial charge is 0.497 e. The van der Waals surface area contributed by atoms with Crippen molar-refractivity contribution in [2.75, 3.05) is 26.6 Å². The van der Waals surface area contributed by atoms with Crippen molar-refractivity contribution >= 4 is 34.2 Å². The minimum absolute atomic E-state index is 0.318. The summed E-state index contributed by atoms with van der Waals surface area (Å²) in [5.74, 6) is -0.0463. The van der Waals surface area contributed by atoms with Gasteiger partial charge in [-0.15, -0.1) is 11.3 Å². The van der Waals surface area contributed by atoms with E-state index in [1.807, 2.05) is 0 Å². The second-order valence-corrected chi connectivity index (χ2v) is 7.52. The molecule has 2 aromatic rings. The van der Waals surface area contributed by atoms with E-state index in [-0.39, 0.29) is 0 Å². The number of fused-ring (bicyclic) bond motifs is 1. The fraction of sp³-hybridized carbons (Fsp3) is 0.350. The molecule has 0 bridgehead atoms. The summed E-state index contributed by atoms with van der Waals surface area (Å²) in [5, 5.41) is 5.41. The van der Waals surface area contributed by atoms with Gasteiger partial charge in [-0.05, 0) is 43.4 Å². The molecule has 3 rings (SSSR count). The molecule has 0 fully saturated rings. The molecule has 0 spiro atoms. The van der Waals surface area contributed by atoms with Crippen LogP contribution in [0.5, 0.6) is 11.5 Å². The van der Waals surface area contributed by atoms with Crippen LogP contribution < -0.4 is 20.1 Å². The summed E-state index contributed by atoms with van der Waals surface area (Å²) in [6.45, 7) is 0. The van der Waals surface area contributed by atoms with Gasteiger partial charge in [-0.25, -0.2) is 4.79 Å². The highest BCUT2D eigenvalue weighted by Crippen LogP contribution is 2.38. The number of benzene rings is 1. The fourth-order valence-corrected chi connectivity index (χ4v) is 4.50. The molecule has 8 nitrogen and oxygen atoms in total. The smallest absolute Gasteiger partial charge is 0.413 e. The number of ether oxygens (including phenoxy) is 3. The molecule has 1 aromatic carbocycles. The summed E-state index contributed by atoms with van der Waals surface area (Å²) in [4.78, 5) is 38.1. The van der Waals surface area contributed by atoms with Crippen LogP contribution in [0.1, 0.15) is 44.0 Å². The second-order valence-electron chi connectivity index (χ2n) is 6.42. The average Bonchev–Trinajstić information content (AvgIpc) is 3.10. The molecule has 0 atom stereocenters. The zero-order chi connectivity index (χ0) is 21.0. The Bertz CT molecular complexity index is 930. The van der Waals surface area contributed by atoms with Gasteiger partial charge in [0, 0.05) is 16.5 Å². The van der Waals surface area contributed by atoms with Crippen molar-refractivity contribution in [2.24, 2.45) is 0 Å². The number of hydrogen-bond acceptors (Lipinski definition) is 7. The number of anilines is 1. The number of aryl methyl sites for hydroxylation is 1. The molecule has 3 amide bonds. The molecule has 1 aliphatic rings. The van der Waals surface area contributed by atoms with Crippen molar-refractivity contribution in [3.8, 4) is 11.5 Å². The van der Waals surface area contributed by atoms with Crippen LogP contribution >= 0.6 is 11.3 Å². The molecule has 2 N–H and O–H groups in total. The van der Waals surface area contributed by atoms with Crippen LogP contribution in [0.4, 0.5) is 9.80 Å². The molecule has 1 aromatic heterocycles. The van der Waals surface area contributed by atoms with Gasteiger partial charge in [0.1, 0.15) is 16.5 Å². The predicted octanol–water partition coefficient (Wildman–Crippen LogP) is 3.39. The van der Waals surface area contributed by atoms with Crippen LogP contribution in [0.2, 0.25) is 0 Å². The third-order valence-electron chi connectivity index (χ3n) is 4.64. The lowest BCUT2D eigenvalue weighted by Crippen LogP contribution is -2.31. The number of hydrogen-bond donors (Lipinski definition) is 2. The van der Waals surface area contributed by atoms with Crippen molar-refractivity contribution in [1.82, 2.24) is 5.32 Å². The van der Waals surface area contributed by atoms with Gasteiger partial charge in [0.25, 0.3) is 11.8 Å². The summed E-state index contributed by atoms with van der Waals surface area (Å²) < 4.78 is 14.9. The number of carbonyl (C=O) groups excluding carboxylic acids is 3. The number of nitrogens with one attached hydrogen (secondary N) is 2. The number of methoxy groups -OCH3 is 3. The summed E-state index contributed by atoms with van der Waals surface area (Å²) in [5.41, 5.74) is 1.52. The van der Waals surface area contributed by atoms with E-state index in [1.54, 1.807) is 18.2 Å². The molecule has 9 heteroatoms. The van der Waals surface area contributed by atoms with E-state index in [9.17, 15) is 14.4 Å². The van der Waals surface area contributed by atoms with Crippen LogP contribution in [0.25, 0.3) is 0 Å². The van der Waals surface area contributed by atoms with E-state index < -0.39 is 17.9 Å². The minimum Gasteiger partial charge on any atom is -0.497 e. The maximum atomic E-state index is 12.9. The van der Waals surface area contributed by atoms with Crippen LogP contribution in [0, 0.1) is 0 Å². The monoisotopic (exact) mass is 418 g/mol. The van der Waals surface area contributed by atoms with Crippen LogP contribution in [-0.4, -0.2) is 39.2 Å². The van der Waals surface area contributed by atoms with Gasteiger partial charge in [-0.3, -0.25) is 14.9 Å². The molecule has 0 radical (unpaired) electrons. The van der Waals surface area contributed by atoms with Crippen LogP contribution in [0.3, 0.4) is 0 Å². The molecule has 29 heavy (non-hydrogen) atoms. The second kappa shape index (κ2) is 8.95. The van der Waals surface area contributed by atoms with Gasteiger partial charge < -0.3 is 19.5 Å². The van der Waals surface area contributed by atoms with Gasteiger partial charge in [-0.1, -0.05) is 0 Å². The number of carbonyl (C=O) groups is 3.